The molecule has 20 heavy (non-hydrogen) atoms. The standard InChI is InChI=1S/C15H20ClN3O/c16-14-8-17-7-5-13(14)15(20)19(9-11-3-4-11)10-12-2-1-6-18-12/h5,7-8,11-12,18H,1-4,6,9-10H2. The number of carbonyl (C=O) groups is 1. The molecule has 1 atom stereocenters. The number of rotatable bonds is 5. The van der Waals surface area contributed by atoms with E-state index in [-0.39, 0.29) is 5.91 Å². The maximum absolute atomic E-state index is 12.7. The van der Waals surface area contributed by atoms with E-state index in [1.807, 2.05) is 4.90 Å². The molecule has 3 rings (SSSR count). The predicted molar refractivity (Wildman–Crippen MR) is 78.9 cm³/mol. The van der Waals surface area contributed by atoms with Crippen molar-refractivity contribution in [1.29, 1.82) is 0 Å². The SMILES string of the molecule is O=C(c1ccncc1Cl)N(CC1CC1)CC1CCCN1. The summed E-state index contributed by atoms with van der Waals surface area (Å²) in [5, 5.41) is 3.90. The largest absolute Gasteiger partial charge is 0.337 e. The van der Waals surface area contributed by atoms with Crippen molar-refractivity contribution in [2.45, 2.75) is 31.7 Å². The highest BCUT2D eigenvalue weighted by Gasteiger charge is 2.30. The summed E-state index contributed by atoms with van der Waals surface area (Å²) in [6.45, 7) is 2.70. The monoisotopic (exact) mass is 293 g/mol. The highest BCUT2D eigenvalue weighted by molar-refractivity contribution is 6.33. The molecule has 5 heteroatoms. The quantitative estimate of drug-likeness (QED) is 0.906. The van der Waals surface area contributed by atoms with Gasteiger partial charge in [0.15, 0.2) is 0 Å². The lowest BCUT2D eigenvalue weighted by Gasteiger charge is -2.26. The number of nitrogens with zero attached hydrogens (tertiary/aromatic N) is 2. The summed E-state index contributed by atoms with van der Waals surface area (Å²) in [5.74, 6) is 0.721. The van der Waals surface area contributed by atoms with Gasteiger partial charge in [0, 0.05) is 31.5 Å². The Hall–Kier alpha value is -1.13. The molecule has 1 saturated carbocycles. The second-order valence-corrected chi connectivity index (χ2v) is 6.21. The molecule has 0 aromatic carbocycles. The van der Waals surface area contributed by atoms with E-state index in [0.29, 0.717) is 22.5 Å². The first-order valence-corrected chi connectivity index (χ1v) is 7.74. The van der Waals surface area contributed by atoms with Crippen LogP contribution in [0.15, 0.2) is 18.5 Å². The van der Waals surface area contributed by atoms with E-state index in [9.17, 15) is 4.79 Å². The first kappa shape index (κ1) is 13.8. The van der Waals surface area contributed by atoms with Crippen LogP contribution in [-0.4, -0.2) is 41.5 Å². The molecule has 0 bridgehead atoms. The van der Waals surface area contributed by atoms with Crippen LogP contribution >= 0.6 is 11.6 Å². The molecule has 1 N–H and O–H groups in total. The predicted octanol–water partition coefficient (Wildman–Crippen LogP) is 2.34. The van der Waals surface area contributed by atoms with E-state index in [1.165, 1.54) is 25.5 Å². The van der Waals surface area contributed by atoms with Gasteiger partial charge in [0.1, 0.15) is 0 Å². The maximum Gasteiger partial charge on any atom is 0.255 e. The normalized spacial score (nSPS) is 21.9. The summed E-state index contributed by atoms with van der Waals surface area (Å²) in [6, 6.07) is 2.14. The van der Waals surface area contributed by atoms with Crippen molar-refractivity contribution in [2.24, 2.45) is 5.92 Å². The van der Waals surface area contributed by atoms with Crippen LogP contribution in [0.2, 0.25) is 5.02 Å². The average Bonchev–Trinajstić information content (AvgIpc) is 3.11. The van der Waals surface area contributed by atoms with Crippen LogP contribution in [0.4, 0.5) is 0 Å². The Labute approximate surface area is 124 Å². The van der Waals surface area contributed by atoms with E-state index >= 15 is 0 Å². The number of hydrogen-bond donors (Lipinski definition) is 1. The summed E-state index contributed by atoms with van der Waals surface area (Å²) in [5.41, 5.74) is 0.570. The van der Waals surface area contributed by atoms with E-state index in [2.05, 4.69) is 10.3 Å². The number of amides is 1. The van der Waals surface area contributed by atoms with Crippen molar-refractivity contribution in [1.82, 2.24) is 15.2 Å². The van der Waals surface area contributed by atoms with Gasteiger partial charge in [-0.05, 0) is 44.2 Å². The van der Waals surface area contributed by atoms with Gasteiger partial charge in [-0.25, -0.2) is 0 Å². The fourth-order valence-electron chi connectivity index (χ4n) is 2.75. The van der Waals surface area contributed by atoms with Crippen LogP contribution in [0.5, 0.6) is 0 Å². The number of carbonyl (C=O) groups excluding carboxylic acids is 1. The molecular formula is C15H20ClN3O. The minimum atomic E-state index is 0.0398. The summed E-state index contributed by atoms with van der Waals surface area (Å²) in [6.07, 6.45) is 8.00. The molecule has 0 radical (unpaired) electrons. The Kier molecular flexibility index (Phi) is 4.22. The molecule has 1 saturated heterocycles. The van der Waals surface area contributed by atoms with Crippen molar-refractivity contribution < 1.29 is 4.79 Å². The first-order chi connectivity index (χ1) is 9.74. The van der Waals surface area contributed by atoms with Gasteiger partial charge in [0.05, 0.1) is 10.6 Å². The zero-order valence-electron chi connectivity index (χ0n) is 11.5. The van der Waals surface area contributed by atoms with Gasteiger partial charge >= 0.3 is 0 Å². The van der Waals surface area contributed by atoms with Crippen LogP contribution < -0.4 is 5.32 Å². The third-order valence-corrected chi connectivity index (χ3v) is 4.37. The molecule has 1 aliphatic heterocycles. The average molecular weight is 294 g/mol. The zero-order chi connectivity index (χ0) is 13.9. The van der Waals surface area contributed by atoms with Crippen molar-refractivity contribution in [3.05, 3.63) is 29.0 Å². The van der Waals surface area contributed by atoms with Gasteiger partial charge in [0.2, 0.25) is 0 Å². The van der Waals surface area contributed by atoms with Crippen molar-refractivity contribution in [2.75, 3.05) is 19.6 Å². The summed E-state index contributed by atoms with van der Waals surface area (Å²) < 4.78 is 0. The second kappa shape index (κ2) is 6.10. The Balaban J connectivity index is 1.73. The Morgan fingerprint density at radius 1 is 1.40 bits per heavy atom. The maximum atomic E-state index is 12.7. The topological polar surface area (TPSA) is 45.2 Å². The second-order valence-electron chi connectivity index (χ2n) is 5.80. The van der Waals surface area contributed by atoms with E-state index in [0.717, 1.165) is 26.1 Å². The van der Waals surface area contributed by atoms with E-state index < -0.39 is 0 Å². The minimum absolute atomic E-state index is 0.0398. The lowest BCUT2D eigenvalue weighted by atomic mass is 10.1. The Morgan fingerprint density at radius 3 is 2.90 bits per heavy atom. The third kappa shape index (κ3) is 3.30. The Morgan fingerprint density at radius 2 is 2.25 bits per heavy atom. The van der Waals surface area contributed by atoms with Gasteiger partial charge in [0.25, 0.3) is 5.91 Å². The highest BCUT2D eigenvalue weighted by atomic mass is 35.5. The van der Waals surface area contributed by atoms with Crippen LogP contribution in [-0.2, 0) is 0 Å². The number of aromatic nitrogens is 1. The summed E-state index contributed by atoms with van der Waals surface area (Å²) >= 11 is 6.11. The smallest absolute Gasteiger partial charge is 0.255 e. The lowest BCUT2D eigenvalue weighted by Crippen LogP contribution is -2.42. The molecule has 2 aliphatic rings. The van der Waals surface area contributed by atoms with Gasteiger partial charge in [-0.3, -0.25) is 9.78 Å². The van der Waals surface area contributed by atoms with Crippen molar-refractivity contribution in [3.8, 4) is 0 Å². The zero-order valence-corrected chi connectivity index (χ0v) is 12.3. The number of hydrogen-bond acceptors (Lipinski definition) is 3. The summed E-state index contributed by atoms with van der Waals surface area (Å²) in [4.78, 5) is 18.6. The van der Waals surface area contributed by atoms with Gasteiger partial charge in [-0.15, -0.1) is 0 Å². The van der Waals surface area contributed by atoms with Gasteiger partial charge < -0.3 is 10.2 Å². The first-order valence-electron chi connectivity index (χ1n) is 7.36. The molecule has 0 spiro atoms. The summed E-state index contributed by atoms with van der Waals surface area (Å²) in [7, 11) is 0. The van der Waals surface area contributed by atoms with Crippen LogP contribution in [0.1, 0.15) is 36.0 Å². The molecule has 108 valence electrons. The third-order valence-electron chi connectivity index (χ3n) is 4.07. The van der Waals surface area contributed by atoms with Gasteiger partial charge in [-0.1, -0.05) is 11.6 Å². The van der Waals surface area contributed by atoms with E-state index in [4.69, 9.17) is 11.6 Å². The fraction of sp³-hybridized carbons (Fsp3) is 0.600. The van der Waals surface area contributed by atoms with Crippen LogP contribution in [0.25, 0.3) is 0 Å². The highest BCUT2D eigenvalue weighted by Crippen LogP contribution is 2.31. The molecule has 4 nitrogen and oxygen atoms in total. The van der Waals surface area contributed by atoms with Crippen LogP contribution in [0.3, 0.4) is 0 Å². The minimum Gasteiger partial charge on any atom is -0.337 e. The molecule has 1 unspecified atom stereocenters. The molecule has 1 aromatic heterocycles. The lowest BCUT2D eigenvalue weighted by molar-refractivity contribution is 0.0733. The van der Waals surface area contributed by atoms with Crippen LogP contribution in [0, 0.1) is 5.92 Å². The van der Waals surface area contributed by atoms with Crippen molar-refractivity contribution >= 4 is 17.5 Å². The Bertz CT molecular complexity index is 484. The fourth-order valence-corrected chi connectivity index (χ4v) is 2.95. The molecule has 2 heterocycles. The van der Waals surface area contributed by atoms with Crippen molar-refractivity contribution in [3.63, 3.8) is 0 Å². The molecular weight excluding hydrogens is 274 g/mol. The number of pyridine rings is 1. The van der Waals surface area contributed by atoms with E-state index in [1.54, 1.807) is 12.3 Å². The van der Waals surface area contributed by atoms with Gasteiger partial charge in [-0.2, -0.15) is 0 Å². The molecule has 1 aliphatic carbocycles. The number of halogens is 1. The number of nitrogens with one attached hydrogen (secondary N) is 1. The molecule has 1 aromatic rings. The molecule has 1 amide bonds. The molecule has 2 fully saturated rings.